The molecule has 1 unspecified atom stereocenters. The van der Waals surface area contributed by atoms with E-state index in [2.05, 4.69) is 20.9 Å². The van der Waals surface area contributed by atoms with Crippen LogP contribution in [-0.4, -0.2) is 24.3 Å². The molecule has 0 aromatic carbocycles. The minimum Gasteiger partial charge on any atom is -0.462 e. The van der Waals surface area contributed by atoms with Crippen molar-refractivity contribution < 1.29 is 27.2 Å². The fourth-order valence-electron chi connectivity index (χ4n) is 0.466. The normalized spacial score (nSPS) is 11.9. The maximum Gasteiger partial charge on any atom is 2.00 e. The summed E-state index contributed by atoms with van der Waals surface area (Å²) < 4.78 is 6.97. The number of Topliss-reactive ketones (excluding diaryl/α,β-unsaturated/α-hetero) is 1. The first-order valence-corrected chi connectivity index (χ1v) is 4.63. The summed E-state index contributed by atoms with van der Waals surface area (Å²) >= 11 is 0. The zero-order valence-electron chi connectivity index (χ0n) is 10.6. The Balaban J connectivity index is -0.000000208. The first-order chi connectivity index (χ1) is 6.47. The first kappa shape index (κ1) is 16.6. The molecule has 1 atom stereocenters. The molecule has 0 radical (unpaired) electrons. The van der Waals surface area contributed by atoms with Gasteiger partial charge in [0.1, 0.15) is 0 Å². The van der Waals surface area contributed by atoms with E-state index in [9.17, 15) is 4.79 Å². The molecule has 0 saturated heterocycles. The van der Waals surface area contributed by atoms with Crippen molar-refractivity contribution in [2.24, 2.45) is 5.92 Å². The molecule has 3 heteroatoms. The summed E-state index contributed by atoms with van der Waals surface area (Å²) in [5.74, 6) is 0.184. The molecule has 0 saturated carbocycles. The maximum atomic E-state index is 10.4. The van der Waals surface area contributed by atoms with E-state index in [4.69, 9.17) is 1.37 Å². The Morgan fingerprint density at radius 3 is 2.07 bits per heavy atom. The average molecular weight is 370 g/mol. The van der Waals surface area contributed by atoms with E-state index in [1.165, 1.54) is 0 Å². The van der Waals surface area contributed by atoms with Crippen LogP contribution >= 0.6 is 0 Å². The van der Waals surface area contributed by atoms with Gasteiger partial charge in [0.25, 0.3) is 0 Å². The smallest absolute Gasteiger partial charge is 0.462 e. The molecule has 2 nitrogen and oxygen atoms in total. The van der Waals surface area contributed by atoms with Crippen molar-refractivity contribution in [2.45, 2.75) is 33.6 Å². The molecule has 0 aliphatic carbocycles. The van der Waals surface area contributed by atoms with Gasteiger partial charge in [0.05, 0.1) is 0 Å². The number of ketones is 1. The monoisotopic (exact) mass is 370 g/mol. The summed E-state index contributed by atoms with van der Waals surface area (Å²) in [4.78, 5) is 12.3. The van der Waals surface area contributed by atoms with Crippen LogP contribution in [0.4, 0.5) is 0 Å². The molecule has 0 amide bonds. The van der Waals surface area contributed by atoms with E-state index >= 15 is 0 Å². The minimum absolute atomic E-state index is 0. The number of rotatable bonds is 4. The zero-order valence-corrected chi connectivity index (χ0v) is 12.5. The van der Waals surface area contributed by atoms with Crippen LogP contribution < -0.4 is 0 Å². The molecule has 0 aliphatic heterocycles. The van der Waals surface area contributed by atoms with Gasteiger partial charge in [-0.2, -0.15) is 0 Å². The van der Waals surface area contributed by atoms with Gasteiger partial charge in [-0.1, -0.05) is 27.2 Å². The Labute approximate surface area is 105 Å². The Morgan fingerprint density at radius 2 is 2.00 bits per heavy atom. The van der Waals surface area contributed by atoms with Crippen LogP contribution in [0.1, 0.15) is 35.0 Å². The van der Waals surface area contributed by atoms with Crippen molar-refractivity contribution in [1.29, 1.82) is 0 Å². The van der Waals surface area contributed by atoms with Crippen LogP contribution in [0.2, 0.25) is 0 Å². The Hall–Kier alpha value is 0.188. The molecular weight excluding hydrogens is 346 g/mol. The molecule has 0 heterocycles. The van der Waals surface area contributed by atoms with E-state index in [1.54, 1.807) is 0 Å². The number of hydrogen-bond donors (Lipinski definition) is 0. The summed E-state index contributed by atoms with van der Waals surface area (Å²) in [6.07, 6.45) is 1.38. The van der Waals surface area contributed by atoms with Crippen LogP contribution in [0.15, 0.2) is 0 Å². The molecule has 84 valence electrons. The van der Waals surface area contributed by atoms with Crippen molar-refractivity contribution in [2.75, 3.05) is 13.6 Å². The summed E-state index contributed by atoms with van der Waals surface area (Å²) in [7, 11) is 5.53. The van der Waals surface area contributed by atoms with Crippen LogP contribution in [0.25, 0.3) is 0 Å². The second-order valence-electron chi connectivity index (χ2n) is 3.19. The zero-order chi connectivity index (χ0) is 11.6. The molecule has 0 bridgehead atoms. The molecule has 0 fully saturated rings. The fraction of sp³-hybridized carbons (Fsp3) is 0.727. The van der Waals surface area contributed by atoms with Crippen molar-refractivity contribution in [3.05, 3.63) is 14.0 Å². The third-order valence-electron chi connectivity index (χ3n) is 1.63. The van der Waals surface area contributed by atoms with Crippen LogP contribution in [-0.2, 0) is 25.9 Å². The Kier molecular flexibility index (Phi) is 15.6. The largest absolute Gasteiger partial charge is 2.00 e. The molecule has 0 rings (SSSR count). The molecule has 0 spiro atoms. The van der Waals surface area contributed by atoms with E-state index in [1.807, 2.05) is 18.9 Å². The molecule has 0 aliphatic rings. The van der Waals surface area contributed by atoms with Crippen molar-refractivity contribution >= 4 is 5.78 Å². The van der Waals surface area contributed by atoms with Crippen LogP contribution in [0.3, 0.4) is 0 Å². The number of carbonyl (C=O) groups is 1. The molecule has 14 heavy (non-hydrogen) atoms. The average Bonchev–Trinajstić information content (AvgIpc) is 2.14. The standard InChI is InChI=1S/C7H13O.C4H10N.W/c1-4-6(2)5-7(3)8;1-4-5(2)3;/h6H,3-5H2,1-2H3;2,4H2,1,3H3;/q2*-1;+2/i2D;;. The topological polar surface area (TPSA) is 20.3 Å². The third kappa shape index (κ3) is 22.8. The van der Waals surface area contributed by atoms with Crippen molar-refractivity contribution in [3.8, 4) is 0 Å². The summed E-state index contributed by atoms with van der Waals surface area (Å²) in [6, 6.07) is 0. The van der Waals surface area contributed by atoms with Gasteiger partial charge in [0.15, 0.2) is 0 Å². The van der Waals surface area contributed by atoms with E-state index in [0.717, 1.165) is 13.0 Å². The van der Waals surface area contributed by atoms with Gasteiger partial charge in [0.2, 0.25) is 0 Å². The van der Waals surface area contributed by atoms with Gasteiger partial charge >= 0.3 is 21.1 Å². The minimum atomic E-state index is -0.0471. The summed E-state index contributed by atoms with van der Waals surface area (Å²) in [5, 5.41) is 0. The predicted molar refractivity (Wildman–Crippen MR) is 58.1 cm³/mol. The van der Waals surface area contributed by atoms with Crippen LogP contribution in [0.5, 0.6) is 0 Å². The molecular formula is C11H23NOW. The van der Waals surface area contributed by atoms with Crippen molar-refractivity contribution in [1.82, 2.24) is 4.90 Å². The molecule has 0 N–H and O–H groups in total. The van der Waals surface area contributed by atoms with Gasteiger partial charge in [-0.15, -0.1) is 0 Å². The van der Waals surface area contributed by atoms with Gasteiger partial charge < -0.3 is 16.6 Å². The van der Waals surface area contributed by atoms with E-state index < -0.39 is 0 Å². The quantitative estimate of drug-likeness (QED) is 0.709. The van der Waals surface area contributed by atoms with E-state index in [0.29, 0.717) is 13.3 Å². The summed E-state index contributed by atoms with van der Waals surface area (Å²) in [5.41, 5.74) is 0. The maximum absolute atomic E-state index is 10.4. The Morgan fingerprint density at radius 1 is 1.57 bits per heavy atom. The van der Waals surface area contributed by atoms with Gasteiger partial charge in [-0.05, 0) is 31.7 Å². The second kappa shape index (κ2) is 13.2. The number of nitrogens with zero attached hydrogens (tertiary/aromatic N) is 1. The Bertz CT molecular complexity index is 139. The predicted octanol–water partition coefficient (Wildman–Crippen LogP) is 2.55. The SMILES string of the molecule is [2H]CC(CC)CC([CH2-])=O.[CH2-]N(C)CC.[W+2]. The molecule has 0 aromatic heterocycles. The second-order valence-corrected chi connectivity index (χ2v) is 3.19. The van der Waals surface area contributed by atoms with E-state index in [-0.39, 0.29) is 32.8 Å². The summed E-state index contributed by atoms with van der Waals surface area (Å²) in [6.45, 7) is 8.68. The van der Waals surface area contributed by atoms with Gasteiger partial charge in [-0.25, -0.2) is 0 Å². The van der Waals surface area contributed by atoms with Crippen molar-refractivity contribution in [3.63, 3.8) is 0 Å². The fourth-order valence-corrected chi connectivity index (χ4v) is 0.466. The molecule has 0 aromatic rings. The van der Waals surface area contributed by atoms with Gasteiger partial charge in [-0.3, -0.25) is 7.05 Å². The number of hydrogen-bond acceptors (Lipinski definition) is 2. The van der Waals surface area contributed by atoms with Crippen LogP contribution in [0, 0.1) is 19.9 Å². The van der Waals surface area contributed by atoms with Gasteiger partial charge in [0, 0.05) is 1.37 Å². The number of carbonyl (C=O) groups excluding carboxylic acids is 1. The first-order valence-electron chi connectivity index (χ1n) is 5.34. The third-order valence-corrected chi connectivity index (χ3v) is 1.63.